The average Bonchev–Trinajstić information content (AvgIpc) is 2.99. The number of benzene rings is 2. The highest BCUT2D eigenvalue weighted by atomic mass is 16.8. The van der Waals surface area contributed by atoms with Crippen LogP contribution >= 0.6 is 0 Å². The molecule has 134 valence electrons. The zero-order chi connectivity index (χ0) is 18.7. The van der Waals surface area contributed by atoms with Crippen molar-refractivity contribution in [3.05, 3.63) is 58.9 Å². The van der Waals surface area contributed by atoms with Crippen LogP contribution in [0.1, 0.15) is 18.2 Å². The van der Waals surface area contributed by atoms with E-state index in [2.05, 4.69) is 20.3 Å². The van der Waals surface area contributed by atoms with Crippen molar-refractivity contribution < 1.29 is 19.4 Å². The molecule has 0 aliphatic heterocycles. The Labute approximate surface area is 149 Å². The van der Waals surface area contributed by atoms with Crippen LogP contribution in [-0.2, 0) is 0 Å². The molecule has 8 nitrogen and oxygen atoms in total. The second-order valence-electron chi connectivity index (χ2n) is 5.64. The third-order valence-electron chi connectivity index (χ3n) is 3.92. The lowest BCUT2D eigenvalue weighted by Gasteiger charge is -2.10. The Hall–Kier alpha value is -3.55. The smallest absolute Gasteiger partial charge is 0.251 e. The molecule has 1 heterocycles. The van der Waals surface area contributed by atoms with E-state index >= 15 is 0 Å². The summed E-state index contributed by atoms with van der Waals surface area (Å²) in [6.07, 6.45) is 0. The van der Waals surface area contributed by atoms with Crippen LogP contribution in [0.2, 0.25) is 0 Å². The summed E-state index contributed by atoms with van der Waals surface area (Å²) >= 11 is 0. The molecule has 0 aliphatic carbocycles. The van der Waals surface area contributed by atoms with Crippen LogP contribution < -0.4 is 15.1 Å². The number of nitrogens with zero attached hydrogens (tertiary/aromatic N) is 3. The summed E-state index contributed by atoms with van der Waals surface area (Å²) < 4.78 is 9.97. The van der Waals surface area contributed by atoms with Gasteiger partial charge in [0.15, 0.2) is 0 Å². The van der Waals surface area contributed by atoms with Gasteiger partial charge >= 0.3 is 0 Å². The van der Waals surface area contributed by atoms with E-state index in [9.17, 15) is 10.3 Å². The monoisotopic (exact) mass is 354 g/mol. The molecular weight excluding hydrogens is 336 g/mol. The molecule has 0 fully saturated rings. The maximum atomic E-state index is 11.4. The van der Waals surface area contributed by atoms with Gasteiger partial charge in [0.1, 0.15) is 11.5 Å². The largest absolute Gasteiger partial charge is 0.508 e. The van der Waals surface area contributed by atoms with Gasteiger partial charge in [0.25, 0.3) is 5.69 Å². The van der Waals surface area contributed by atoms with Crippen molar-refractivity contribution in [3.63, 3.8) is 0 Å². The standard InChI is InChI=1S/C18H18N4O4/c1-11(13-4-7-15(23)8-5-13)19-20-16-10-14(6-9-17(16)25-3)18-12(2)22(24)26-21-18/h4-10,20,23H,1-3H3/b19-11+. The zero-order valence-electron chi connectivity index (χ0n) is 14.6. The van der Waals surface area contributed by atoms with E-state index in [1.54, 1.807) is 56.5 Å². The first-order chi connectivity index (χ1) is 12.5. The van der Waals surface area contributed by atoms with Gasteiger partial charge < -0.3 is 15.1 Å². The lowest BCUT2D eigenvalue weighted by atomic mass is 10.1. The van der Waals surface area contributed by atoms with E-state index in [1.165, 1.54) is 0 Å². The Morgan fingerprint density at radius 2 is 2.00 bits per heavy atom. The predicted octanol–water partition coefficient (Wildman–Crippen LogP) is 2.83. The van der Waals surface area contributed by atoms with Crippen LogP contribution in [0.25, 0.3) is 11.3 Å². The lowest BCUT2D eigenvalue weighted by Crippen LogP contribution is -2.25. The van der Waals surface area contributed by atoms with Gasteiger partial charge in [0.2, 0.25) is 5.69 Å². The Kier molecular flexibility index (Phi) is 4.74. The summed E-state index contributed by atoms with van der Waals surface area (Å²) in [5.74, 6) is 0.787. The lowest BCUT2D eigenvalue weighted by molar-refractivity contribution is -0.806. The molecule has 0 amide bonds. The van der Waals surface area contributed by atoms with Crippen LogP contribution in [0.5, 0.6) is 11.5 Å². The molecule has 1 aromatic heterocycles. The van der Waals surface area contributed by atoms with Crippen LogP contribution in [-0.4, -0.2) is 23.1 Å². The molecule has 0 saturated carbocycles. The first-order valence-corrected chi connectivity index (χ1v) is 7.84. The van der Waals surface area contributed by atoms with Crippen molar-refractivity contribution in [2.45, 2.75) is 13.8 Å². The van der Waals surface area contributed by atoms with Crippen molar-refractivity contribution in [2.24, 2.45) is 5.10 Å². The number of phenolic OH excluding ortho intramolecular Hbond substituents is 1. The maximum absolute atomic E-state index is 11.4. The summed E-state index contributed by atoms with van der Waals surface area (Å²) in [4.78, 5) is 0.361. The molecular formula is C18H18N4O4. The molecule has 0 aliphatic rings. The topological polar surface area (TPSA) is 107 Å². The van der Waals surface area contributed by atoms with Crippen molar-refractivity contribution in [2.75, 3.05) is 12.5 Å². The van der Waals surface area contributed by atoms with Crippen LogP contribution in [0.4, 0.5) is 5.69 Å². The number of ether oxygens (including phenoxy) is 1. The molecule has 0 atom stereocenters. The third kappa shape index (κ3) is 3.44. The highest BCUT2D eigenvalue weighted by molar-refractivity contribution is 5.99. The minimum Gasteiger partial charge on any atom is -0.508 e. The minimum atomic E-state index is 0.197. The van der Waals surface area contributed by atoms with Gasteiger partial charge in [0.05, 0.1) is 18.5 Å². The Bertz CT molecular complexity index is 948. The van der Waals surface area contributed by atoms with Crippen LogP contribution in [0, 0.1) is 12.1 Å². The van der Waals surface area contributed by atoms with E-state index in [0.29, 0.717) is 33.3 Å². The van der Waals surface area contributed by atoms with Crippen molar-refractivity contribution in [1.82, 2.24) is 5.16 Å². The van der Waals surface area contributed by atoms with Gasteiger partial charge in [-0.1, -0.05) is 0 Å². The molecule has 8 heteroatoms. The highest BCUT2D eigenvalue weighted by Crippen LogP contribution is 2.30. The van der Waals surface area contributed by atoms with E-state index in [1.807, 2.05) is 6.92 Å². The zero-order valence-corrected chi connectivity index (χ0v) is 14.6. The van der Waals surface area contributed by atoms with Gasteiger partial charge in [-0.25, -0.2) is 0 Å². The second-order valence-corrected chi connectivity index (χ2v) is 5.64. The molecule has 0 unspecified atom stereocenters. The molecule has 2 aromatic carbocycles. The molecule has 3 rings (SSSR count). The fourth-order valence-corrected chi connectivity index (χ4v) is 2.41. The Morgan fingerprint density at radius 1 is 1.27 bits per heavy atom. The number of nitrogens with one attached hydrogen (secondary N) is 1. The number of phenols is 1. The van der Waals surface area contributed by atoms with E-state index < -0.39 is 0 Å². The summed E-state index contributed by atoms with van der Waals surface area (Å²) in [7, 11) is 1.56. The van der Waals surface area contributed by atoms with Crippen molar-refractivity contribution >= 4 is 11.4 Å². The average molecular weight is 354 g/mol. The number of anilines is 1. The van der Waals surface area contributed by atoms with Gasteiger partial charge in [-0.2, -0.15) is 5.10 Å². The number of aromatic hydroxyl groups is 1. The van der Waals surface area contributed by atoms with Crippen molar-refractivity contribution in [1.29, 1.82) is 0 Å². The third-order valence-corrected chi connectivity index (χ3v) is 3.92. The number of hydrogen-bond donors (Lipinski definition) is 2. The fraction of sp³-hybridized carbons (Fsp3) is 0.167. The van der Waals surface area contributed by atoms with Gasteiger partial charge in [0, 0.05) is 17.6 Å². The number of aromatic nitrogens is 2. The first-order valence-electron chi connectivity index (χ1n) is 7.84. The Balaban J connectivity index is 1.91. The Morgan fingerprint density at radius 3 is 2.62 bits per heavy atom. The summed E-state index contributed by atoms with van der Waals surface area (Å²) in [5.41, 5.74) is 6.69. The van der Waals surface area contributed by atoms with E-state index in [0.717, 1.165) is 11.3 Å². The quantitative estimate of drug-likeness (QED) is 0.414. The van der Waals surface area contributed by atoms with Crippen LogP contribution in [0.3, 0.4) is 0 Å². The SMILES string of the molecule is COc1ccc(-c2no[n+]([O-])c2C)cc1N/N=C(\C)c1ccc(O)cc1. The van der Waals surface area contributed by atoms with Crippen LogP contribution in [0.15, 0.2) is 52.2 Å². The van der Waals surface area contributed by atoms with Gasteiger partial charge in [-0.15, -0.1) is 0 Å². The van der Waals surface area contributed by atoms with E-state index in [-0.39, 0.29) is 5.75 Å². The summed E-state index contributed by atoms with van der Waals surface area (Å²) in [6, 6.07) is 12.1. The molecule has 3 aromatic rings. The summed E-state index contributed by atoms with van der Waals surface area (Å²) in [5, 5.41) is 28.9. The normalized spacial score (nSPS) is 11.4. The molecule has 0 spiro atoms. The number of methoxy groups -OCH3 is 1. The maximum Gasteiger partial charge on any atom is 0.251 e. The van der Waals surface area contributed by atoms with Crippen molar-refractivity contribution in [3.8, 4) is 22.8 Å². The second kappa shape index (κ2) is 7.14. The van der Waals surface area contributed by atoms with E-state index in [4.69, 9.17) is 4.74 Å². The van der Waals surface area contributed by atoms with Gasteiger partial charge in [-0.05, 0) is 59.9 Å². The minimum absolute atomic E-state index is 0.197. The number of rotatable bonds is 5. The van der Waals surface area contributed by atoms with Gasteiger partial charge in [-0.3, -0.25) is 10.1 Å². The molecule has 0 saturated heterocycles. The molecule has 0 radical (unpaired) electrons. The highest BCUT2D eigenvalue weighted by Gasteiger charge is 2.18. The molecule has 2 N–H and O–H groups in total. The number of hydrogen-bond acceptors (Lipinski definition) is 7. The fourth-order valence-electron chi connectivity index (χ4n) is 2.41. The molecule has 0 bridgehead atoms. The molecule has 26 heavy (non-hydrogen) atoms. The predicted molar refractivity (Wildman–Crippen MR) is 96.1 cm³/mol. The first kappa shape index (κ1) is 17.3. The number of hydrazone groups is 1. The summed E-state index contributed by atoms with van der Waals surface area (Å²) in [6.45, 7) is 3.47.